The largest absolute Gasteiger partial charge is 0.480 e. The van der Waals surface area contributed by atoms with Gasteiger partial charge in [0.05, 0.1) is 11.4 Å². The first kappa shape index (κ1) is 25.5. The normalized spacial score (nSPS) is 25.1. The van der Waals surface area contributed by atoms with Crippen LogP contribution < -0.4 is 10.2 Å². The van der Waals surface area contributed by atoms with Gasteiger partial charge in [-0.05, 0) is 51.2 Å². The summed E-state index contributed by atoms with van der Waals surface area (Å²) in [5, 5.41) is 12.1. The van der Waals surface area contributed by atoms with Crippen molar-refractivity contribution in [1.82, 2.24) is 4.90 Å². The van der Waals surface area contributed by atoms with E-state index in [-0.39, 0.29) is 18.5 Å². The molecular formula is C27H43N3O3. The molecule has 3 atom stereocenters. The number of likely N-dealkylation sites (tertiary alicyclic amines) is 1. The van der Waals surface area contributed by atoms with Crippen LogP contribution in [0, 0.1) is 0 Å². The lowest BCUT2D eigenvalue weighted by molar-refractivity contribution is -0.135. The van der Waals surface area contributed by atoms with Gasteiger partial charge in [-0.2, -0.15) is 0 Å². The van der Waals surface area contributed by atoms with Crippen molar-refractivity contribution >= 4 is 23.3 Å². The first-order chi connectivity index (χ1) is 15.9. The Morgan fingerprint density at radius 2 is 1.76 bits per heavy atom. The molecular weight excluding hydrogens is 414 g/mol. The zero-order valence-corrected chi connectivity index (χ0v) is 20.8. The van der Waals surface area contributed by atoms with Crippen molar-refractivity contribution in [3.63, 3.8) is 0 Å². The number of nitrogens with zero attached hydrogens (tertiary/aromatic N) is 2. The first-order valence-electron chi connectivity index (χ1n) is 13.0. The number of carbonyl (C=O) groups is 2. The van der Waals surface area contributed by atoms with Crippen LogP contribution in [0.15, 0.2) is 24.3 Å². The Hall–Kier alpha value is -2.08. The summed E-state index contributed by atoms with van der Waals surface area (Å²) in [5.41, 5.74) is 1.50. The van der Waals surface area contributed by atoms with Crippen LogP contribution in [-0.4, -0.2) is 52.6 Å². The Labute approximate surface area is 199 Å². The molecule has 3 rings (SSSR count). The maximum Gasteiger partial charge on any atom is 0.322 e. The second-order valence-corrected chi connectivity index (χ2v) is 10.0. The minimum absolute atomic E-state index is 0.0198. The van der Waals surface area contributed by atoms with Crippen LogP contribution in [0.4, 0.5) is 11.4 Å². The molecule has 3 unspecified atom stereocenters. The summed E-state index contributed by atoms with van der Waals surface area (Å²) in [6.07, 6.45) is 13.6. The van der Waals surface area contributed by atoms with E-state index < -0.39 is 5.97 Å². The van der Waals surface area contributed by atoms with Crippen LogP contribution in [-0.2, 0) is 9.59 Å². The lowest BCUT2D eigenvalue weighted by Crippen LogP contribution is -2.58. The van der Waals surface area contributed by atoms with Crippen molar-refractivity contribution in [2.45, 2.75) is 116 Å². The van der Waals surface area contributed by atoms with Gasteiger partial charge in [0, 0.05) is 31.1 Å². The van der Waals surface area contributed by atoms with Gasteiger partial charge in [0.15, 0.2) is 0 Å². The number of hydrogen-bond acceptors (Lipinski definition) is 4. The van der Waals surface area contributed by atoms with E-state index in [1.807, 2.05) is 29.2 Å². The molecule has 1 amide bonds. The molecule has 2 N–H and O–H groups in total. The number of amides is 1. The second kappa shape index (κ2) is 12.4. The number of benzene rings is 1. The van der Waals surface area contributed by atoms with Crippen molar-refractivity contribution in [2.24, 2.45) is 0 Å². The van der Waals surface area contributed by atoms with Crippen LogP contribution >= 0.6 is 0 Å². The zero-order valence-electron chi connectivity index (χ0n) is 20.8. The number of para-hydroxylation sites is 2. The van der Waals surface area contributed by atoms with Crippen molar-refractivity contribution in [3.05, 3.63) is 24.3 Å². The van der Waals surface area contributed by atoms with Crippen LogP contribution in [0.1, 0.15) is 91.4 Å². The topological polar surface area (TPSA) is 72.9 Å². The molecule has 0 bridgehead atoms. The predicted octanol–water partition coefficient (Wildman–Crippen LogP) is 5.67. The molecule has 1 aromatic carbocycles. The van der Waals surface area contributed by atoms with Crippen LogP contribution in [0.3, 0.4) is 0 Å². The number of carbonyl (C=O) groups excluding carboxylic acids is 1. The molecule has 1 saturated carbocycles. The Balaban J connectivity index is 1.85. The second-order valence-electron chi connectivity index (χ2n) is 10.0. The van der Waals surface area contributed by atoms with E-state index in [4.69, 9.17) is 5.11 Å². The van der Waals surface area contributed by atoms with E-state index in [1.165, 1.54) is 44.9 Å². The minimum atomic E-state index is -0.914. The number of carboxylic acid groups (broad SMARTS) is 1. The standard InChI is InChI=1S/C27H43N3O3/c1-4-12-23-18-24(17-20(2)29(23)22-13-8-6-5-7-9-14-22)30(21(3)31)26-16-11-10-15-25(26)28-19-27(32)33/h10-11,15-16,20,22-24,28H,4-9,12-14,17-19H2,1-3H3,(H,32,33). The van der Waals surface area contributed by atoms with Gasteiger partial charge in [-0.25, -0.2) is 0 Å². The van der Waals surface area contributed by atoms with Crippen molar-refractivity contribution in [2.75, 3.05) is 16.8 Å². The molecule has 1 aromatic rings. The van der Waals surface area contributed by atoms with Crippen LogP contribution in [0.2, 0.25) is 0 Å². The fraction of sp³-hybridized carbons (Fsp3) is 0.704. The molecule has 184 valence electrons. The highest BCUT2D eigenvalue weighted by Gasteiger charge is 2.40. The first-order valence-corrected chi connectivity index (χ1v) is 13.0. The Bertz CT molecular complexity index is 776. The molecule has 33 heavy (non-hydrogen) atoms. The average Bonchev–Trinajstić information content (AvgIpc) is 2.74. The van der Waals surface area contributed by atoms with Crippen molar-refractivity contribution in [1.29, 1.82) is 0 Å². The van der Waals surface area contributed by atoms with Gasteiger partial charge in [0.2, 0.25) is 5.91 Å². The van der Waals surface area contributed by atoms with Gasteiger partial charge < -0.3 is 15.3 Å². The van der Waals surface area contributed by atoms with E-state index >= 15 is 0 Å². The zero-order chi connectivity index (χ0) is 23.8. The molecule has 2 aliphatic rings. The van der Waals surface area contributed by atoms with Gasteiger partial charge in [-0.15, -0.1) is 0 Å². The molecule has 1 aliphatic carbocycles. The fourth-order valence-electron chi connectivity index (χ4n) is 6.24. The summed E-state index contributed by atoms with van der Waals surface area (Å²) >= 11 is 0. The monoisotopic (exact) mass is 457 g/mol. The molecule has 0 aromatic heterocycles. The van der Waals surface area contributed by atoms with Crippen LogP contribution in [0.25, 0.3) is 0 Å². The smallest absolute Gasteiger partial charge is 0.322 e. The van der Waals surface area contributed by atoms with Crippen LogP contribution in [0.5, 0.6) is 0 Å². The maximum absolute atomic E-state index is 12.9. The Morgan fingerprint density at radius 1 is 1.09 bits per heavy atom. The summed E-state index contributed by atoms with van der Waals surface area (Å²) in [4.78, 5) is 28.8. The lowest BCUT2D eigenvalue weighted by Gasteiger charge is -2.51. The van der Waals surface area contributed by atoms with E-state index in [1.54, 1.807) is 6.92 Å². The van der Waals surface area contributed by atoms with Gasteiger partial charge in [0.1, 0.15) is 6.54 Å². The third kappa shape index (κ3) is 6.72. The summed E-state index contributed by atoms with van der Waals surface area (Å²) in [5.74, 6) is -0.894. The number of nitrogens with one attached hydrogen (secondary N) is 1. The van der Waals surface area contributed by atoms with Gasteiger partial charge in [-0.3, -0.25) is 14.5 Å². The van der Waals surface area contributed by atoms with E-state index in [0.717, 1.165) is 31.4 Å². The molecule has 1 saturated heterocycles. The summed E-state index contributed by atoms with van der Waals surface area (Å²) < 4.78 is 0. The Kier molecular flexibility index (Phi) is 9.60. The molecule has 1 aliphatic heterocycles. The number of aliphatic carboxylic acids is 1. The highest BCUT2D eigenvalue weighted by Crippen LogP contribution is 2.38. The average molecular weight is 458 g/mol. The highest BCUT2D eigenvalue weighted by molar-refractivity contribution is 5.96. The third-order valence-electron chi connectivity index (χ3n) is 7.50. The number of anilines is 2. The molecule has 6 nitrogen and oxygen atoms in total. The molecule has 1 heterocycles. The molecule has 6 heteroatoms. The number of hydrogen-bond donors (Lipinski definition) is 2. The maximum atomic E-state index is 12.9. The molecule has 0 radical (unpaired) electrons. The summed E-state index contributed by atoms with van der Waals surface area (Å²) in [7, 11) is 0. The molecule has 0 spiro atoms. The number of piperidine rings is 1. The predicted molar refractivity (Wildman–Crippen MR) is 135 cm³/mol. The summed E-state index contributed by atoms with van der Waals surface area (Å²) in [6.45, 7) is 6.07. The SMILES string of the molecule is CCCC1CC(N(C(C)=O)c2ccccc2NCC(=O)O)CC(C)N1C1CCCCCCC1. The minimum Gasteiger partial charge on any atom is -0.480 e. The lowest BCUT2D eigenvalue weighted by atomic mass is 9.84. The van der Waals surface area contributed by atoms with E-state index in [0.29, 0.717) is 23.8 Å². The number of rotatable bonds is 8. The summed E-state index contributed by atoms with van der Waals surface area (Å²) in [6, 6.07) is 9.29. The van der Waals surface area contributed by atoms with Crippen molar-refractivity contribution in [3.8, 4) is 0 Å². The third-order valence-corrected chi connectivity index (χ3v) is 7.50. The van der Waals surface area contributed by atoms with Gasteiger partial charge in [-0.1, -0.05) is 57.6 Å². The van der Waals surface area contributed by atoms with Gasteiger partial charge >= 0.3 is 5.97 Å². The Morgan fingerprint density at radius 3 is 2.39 bits per heavy atom. The van der Waals surface area contributed by atoms with E-state index in [9.17, 15) is 9.59 Å². The van der Waals surface area contributed by atoms with Gasteiger partial charge in [0.25, 0.3) is 0 Å². The van der Waals surface area contributed by atoms with E-state index in [2.05, 4.69) is 24.1 Å². The number of carboxylic acids is 1. The quantitative estimate of drug-likeness (QED) is 0.526. The van der Waals surface area contributed by atoms with Crippen molar-refractivity contribution < 1.29 is 14.7 Å². The highest BCUT2D eigenvalue weighted by atomic mass is 16.4. The fourth-order valence-corrected chi connectivity index (χ4v) is 6.24. The molecule has 2 fully saturated rings.